The van der Waals surface area contributed by atoms with Crippen LogP contribution < -0.4 is 5.32 Å². The number of rotatable bonds is 5. The average molecular weight is 414 g/mol. The third-order valence-electron chi connectivity index (χ3n) is 3.80. The molecule has 0 unspecified atom stereocenters. The molecule has 0 aliphatic heterocycles. The average Bonchev–Trinajstić information content (AvgIpc) is 3.10. The normalized spacial score (nSPS) is 10.9. The van der Waals surface area contributed by atoms with Gasteiger partial charge in [-0.2, -0.15) is 9.61 Å². The number of carbonyl (C=O) groups excluding carboxylic acids is 1. The van der Waals surface area contributed by atoms with Crippen LogP contribution in [0.5, 0.6) is 0 Å². The summed E-state index contributed by atoms with van der Waals surface area (Å²) in [5.41, 5.74) is 1.84. The Balaban J connectivity index is 1.49. The molecule has 4 aromatic rings. The number of fused-ring (bicyclic) bond motifs is 1. The molecule has 0 saturated heterocycles. The Kier molecular flexibility index (Phi) is 5.23. The quantitative estimate of drug-likeness (QED) is 0.493. The van der Waals surface area contributed by atoms with Crippen molar-refractivity contribution in [1.29, 1.82) is 0 Å². The number of halogens is 2. The number of thioether (sulfide) groups is 1. The highest BCUT2D eigenvalue weighted by Gasteiger charge is 2.11. The van der Waals surface area contributed by atoms with E-state index in [9.17, 15) is 9.18 Å². The first kappa shape index (κ1) is 18.4. The van der Waals surface area contributed by atoms with Crippen molar-refractivity contribution in [2.75, 3.05) is 11.1 Å². The molecule has 2 heterocycles. The smallest absolute Gasteiger partial charge is 0.234 e. The summed E-state index contributed by atoms with van der Waals surface area (Å²) in [6.45, 7) is 0. The van der Waals surface area contributed by atoms with Gasteiger partial charge in [0.2, 0.25) is 5.91 Å². The van der Waals surface area contributed by atoms with E-state index in [0.29, 0.717) is 27.2 Å². The fraction of sp³-hybridized carbons (Fsp3) is 0.0526. The summed E-state index contributed by atoms with van der Waals surface area (Å²) < 4.78 is 14.8. The van der Waals surface area contributed by atoms with Crippen LogP contribution in [0.15, 0.2) is 65.7 Å². The van der Waals surface area contributed by atoms with E-state index in [-0.39, 0.29) is 11.7 Å². The van der Waals surface area contributed by atoms with Gasteiger partial charge >= 0.3 is 0 Å². The molecule has 9 heteroatoms. The molecule has 140 valence electrons. The zero-order valence-electron chi connectivity index (χ0n) is 14.3. The summed E-state index contributed by atoms with van der Waals surface area (Å²) in [5.74, 6) is 0.0605. The molecule has 6 nitrogen and oxygen atoms in total. The second-order valence-corrected chi connectivity index (χ2v) is 7.25. The topological polar surface area (TPSA) is 72.2 Å². The van der Waals surface area contributed by atoms with E-state index in [1.807, 2.05) is 12.1 Å². The zero-order chi connectivity index (χ0) is 19.5. The van der Waals surface area contributed by atoms with Crippen LogP contribution in [0.2, 0.25) is 5.02 Å². The van der Waals surface area contributed by atoms with Gasteiger partial charge in [-0.15, -0.1) is 10.2 Å². The number of aromatic nitrogens is 4. The van der Waals surface area contributed by atoms with Crippen LogP contribution in [0.25, 0.3) is 17.0 Å². The Hall–Kier alpha value is -2.97. The minimum Gasteiger partial charge on any atom is -0.325 e. The summed E-state index contributed by atoms with van der Waals surface area (Å²) in [6.07, 6.45) is 0. The maximum atomic E-state index is 13.2. The van der Waals surface area contributed by atoms with Gasteiger partial charge in [-0.05, 0) is 54.6 Å². The number of anilines is 1. The van der Waals surface area contributed by atoms with Crippen LogP contribution in [-0.4, -0.2) is 31.5 Å². The third-order valence-corrected chi connectivity index (χ3v) is 4.97. The number of hydrogen-bond donors (Lipinski definition) is 1. The first-order valence-corrected chi connectivity index (χ1v) is 9.61. The molecule has 28 heavy (non-hydrogen) atoms. The highest BCUT2D eigenvalue weighted by molar-refractivity contribution is 7.99. The first-order valence-electron chi connectivity index (χ1n) is 8.25. The highest BCUT2D eigenvalue weighted by Crippen LogP contribution is 2.22. The summed E-state index contributed by atoms with van der Waals surface area (Å²) in [6, 6.07) is 16.5. The Morgan fingerprint density at radius 1 is 1.11 bits per heavy atom. The molecule has 0 aliphatic carbocycles. The van der Waals surface area contributed by atoms with Gasteiger partial charge in [0.1, 0.15) is 10.8 Å². The van der Waals surface area contributed by atoms with E-state index < -0.39 is 5.82 Å². The monoisotopic (exact) mass is 413 g/mol. The summed E-state index contributed by atoms with van der Waals surface area (Å²) in [4.78, 5) is 12.1. The predicted molar refractivity (Wildman–Crippen MR) is 107 cm³/mol. The summed E-state index contributed by atoms with van der Waals surface area (Å²) in [5, 5.41) is 16.7. The SMILES string of the molecule is O=C(CSc1ccc2nnc(-c3ccc(Cl)cc3)n2n1)Nc1cccc(F)c1. The van der Waals surface area contributed by atoms with Gasteiger partial charge in [0.15, 0.2) is 11.5 Å². The van der Waals surface area contributed by atoms with Gasteiger partial charge in [0.05, 0.1) is 5.75 Å². The summed E-state index contributed by atoms with van der Waals surface area (Å²) in [7, 11) is 0. The van der Waals surface area contributed by atoms with Crippen molar-refractivity contribution in [1.82, 2.24) is 19.8 Å². The lowest BCUT2D eigenvalue weighted by Crippen LogP contribution is -2.14. The van der Waals surface area contributed by atoms with Crippen LogP contribution in [-0.2, 0) is 4.79 Å². The van der Waals surface area contributed by atoms with E-state index in [0.717, 1.165) is 5.56 Å². The number of benzene rings is 2. The maximum Gasteiger partial charge on any atom is 0.234 e. The fourth-order valence-electron chi connectivity index (χ4n) is 2.53. The molecule has 2 aromatic heterocycles. The number of hydrogen-bond acceptors (Lipinski definition) is 5. The van der Waals surface area contributed by atoms with Crippen LogP contribution in [0.4, 0.5) is 10.1 Å². The van der Waals surface area contributed by atoms with E-state index in [2.05, 4.69) is 20.6 Å². The number of carbonyl (C=O) groups is 1. The first-order chi connectivity index (χ1) is 13.6. The van der Waals surface area contributed by atoms with Gasteiger partial charge in [-0.1, -0.05) is 29.4 Å². The summed E-state index contributed by atoms with van der Waals surface area (Å²) >= 11 is 7.20. The van der Waals surface area contributed by atoms with Crippen molar-refractivity contribution < 1.29 is 9.18 Å². The molecule has 0 radical (unpaired) electrons. The van der Waals surface area contributed by atoms with Crippen molar-refractivity contribution in [2.45, 2.75) is 5.03 Å². The molecule has 0 saturated carbocycles. The van der Waals surface area contributed by atoms with Crippen molar-refractivity contribution in [3.63, 3.8) is 0 Å². The van der Waals surface area contributed by atoms with Crippen LogP contribution >= 0.6 is 23.4 Å². The Labute approximate surface area is 168 Å². The molecule has 0 bridgehead atoms. The van der Waals surface area contributed by atoms with Gasteiger partial charge in [0.25, 0.3) is 0 Å². The maximum absolute atomic E-state index is 13.2. The number of nitrogens with zero attached hydrogens (tertiary/aromatic N) is 4. The molecular formula is C19H13ClFN5OS. The van der Waals surface area contributed by atoms with E-state index in [4.69, 9.17) is 11.6 Å². The molecule has 4 rings (SSSR count). The highest BCUT2D eigenvalue weighted by atomic mass is 35.5. The molecule has 0 fully saturated rings. The van der Waals surface area contributed by atoms with Crippen molar-refractivity contribution in [3.8, 4) is 11.4 Å². The van der Waals surface area contributed by atoms with Crippen LogP contribution in [0, 0.1) is 5.82 Å². The Bertz CT molecular complexity index is 1150. The number of amides is 1. The van der Waals surface area contributed by atoms with E-state index >= 15 is 0 Å². The molecule has 1 amide bonds. The van der Waals surface area contributed by atoms with Crippen molar-refractivity contribution in [2.24, 2.45) is 0 Å². The van der Waals surface area contributed by atoms with Gasteiger partial charge in [0, 0.05) is 16.3 Å². The Morgan fingerprint density at radius 3 is 2.71 bits per heavy atom. The van der Waals surface area contributed by atoms with E-state index in [1.165, 1.54) is 30.0 Å². The van der Waals surface area contributed by atoms with Gasteiger partial charge in [-0.3, -0.25) is 4.79 Å². The zero-order valence-corrected chi connectivity index (χ0v) is 15.9. The lowest BCUT2D eigenvalue weighted by Gasteiger charge is -2.05. The lowest BCUT2D eigenvalue weighted by molar-refractivity contribution is -0.113. The predicted octanol–water partition coefficient (Wildman–Crippen LogP) is 4.31. The molecule has 0 spiro atoms. The second kappa shape index (κ2) is 7.95. The Morgan fingerprint density at radius 2 is 1.93 bits per heavy atom. The van der Waals surface area contributed by atoms with Crippen LogP contribution in [0.1, 0.15) is 0 Å². The van der Waals surface area contributed by atoms with Crippen molar-refractivity contribution in [3.05, 3.63) is 71.5 Å². The minimum atomic E-state index is -0.403. The fourth-order valence-corrected chi connectivity index (χ4v) is 3.31. The molecule has 2 aromatic carbocycles. The molecule has 1 N–H and O–H groups in total. The van der Waals surface area contributed by atoms with Crippen LogP contribution in [0.3, 0.4) is 0 Å². The largest absolute Gasteiger partial charge is 0.325 e. The van der Waals surface area contributed by atoms with Gasteiger partial charge in [-0.25, -0.2) is 4.39 Å². The third kappa shape index (κ3) is 4.13. The number of nitrogens with one attached hydrogen (secondary N) is 1. The minimum absolute atomic E-state index is 0.132. The van der Waals surface area contributed by atoms with E-state index in [1.54, 1.807) is 34.8 Å². The van der Waals surface area contributed by atoms with Crippen molar-refractivity contribution >= 4 is 40.6 Å². The molecule has 0 atom stereocenters. The molecular weight excluding hydrogens is 401 g/mol. The lowest BCUT2D eigenvalue weighted by atomic mass is 10.2. The molecule has 0 aliphatic rings. The standard InChI is InChI=1S/C19H13ClFN5OS/c20-13-6-4-12(5-7-13)19-24-23-16-8-9-18(25-26(16)19)28-11-17(27)22-15-3-1-2-14(21)10-15/h1-10H,11H2,(H,22,27). The van der Waals surface area contributed by atoms with Gasteiger partial charge < -0.3 is 5.32 Å². The second-order valence-electron chi connectivity index (χ2n) is 5.82.